The first-order valence-electron chi connectivity index (χ1n) is 10.1. The minimum Gasteiger partial charge on any atom is -0.460 e. The predicted molar refractivity (Wildman–Crippen MR) is 108 cm³/mol. The molecule has 0 bridgehead atoms. The number of carbonyl (C=O) groups excluding carboxylic acids is 1. The normalized spacial score (nSPS) is 20.0. The highest BCUT2D eigenvalue weighted by Crippen LogP contribution is 2.24. The SMILES string of the molecule is O=C(NC1CCCCC1)N1CCCN(Cc2cc3cc(Cl)ccc3o2)CC1. The fraction of sp³-hybridized carbons (Fsp3) is 0.571. The maximum atomic E-state index is 12.6. The zero-order valence-corrected chi connectivity index (χ0v) is 16.5. The number of hydrogen-bond donors (Lipinski definition) is 1. The summed E-state index contributed by atoms with van der Waals surface area (Å²) in [6.45, 7) is 4.21. The summed E-state index contributed by atoms with van der Waals surface area (Å²) in [7, 11) is 0. The third-order valence-electron chi connectivity index (χ3n) is 5.72. The Bertz CT molecular complexity index is 785. The first-order chi connectivity index (χ1) is 13.2. The molecule has 1 aromatic carbocycles. The van der Waals surface area contributed by atoms with Crippen LogP contribution in [0.25, 0.3) is 11.0 Å². The van der Waals surface area contributed by atoms with Gasteiger partial charge in [0, 0.05) is 42.6 Å². The predicted octanol–water partition coefficient (Wildman–Crippen LogP) is 4.64. The van der Waals surface area contributed by atoms with Gasteiger partial charge in [0.05, 0.1) is 6.54 Å². The van der Waals surface area contributed by atoms with Gasteiger partial charge < -0.3 is 14.6 Å². The standard InChI is InChI=1S/C21H28ClN3O2/c22-17-7-8-20-16(13-17)14-19(27-20)15-24-9-4-10-25(12-11-24)21(26)23-18-5-2-1-3-6-18/h7-8,13-14,18H,1-6,9-12,15H2,(H,23,26). The van der Waals surface area contributed by atoms with Gasteiger partial charge in [0.1, 0.15) is 11.3 Å². The number of urea groups is 1. The Hall–Kier alpha value is -1.72. The highest BCUT2D eigenvalue weighted by molar-refractivity contribution is 6.31. The van der Waals surface area contributed by atoms with E-state index in [0.717, 1.165) is 73.7 Å². The fourth-order valence-electron chi connectivity index (χ4n) is 4.21. The number of nitrogens with zero attached hydrogens (tertiary/aromatic N) is 2. The van der Waals surface area contributed by atoms with E-state index >= 15 is 0 Å². The largest absolute Gasteiger partial charge is 0.460 e. The summed E-state index contributed by atoms with van der Waals surface area (Å²) in [5.74, 6) is 0.951. The third kappa shape index (κ3) is 4.77. The van der Waals surface area contributed by atoms with Crippen molar-refractivity contribution in [2.75, 3.05) is 26.2 Å². The van der Waals surface area contributed by atoms with E-state index in [1.165, 1.54) is 19.3 Å². The van der Waals surface area contributed by atoms with Crippen LogP contribution in [0.15, 0.2) is 28.7 Å². The molecule has 2 heterocycles. The molecule has 1 N–H and O–H groups in total. The third-order valence-corrected chi connectivity index (χ3v) is 5.95. The van der Waals surface area contributed by atoms with E-state index in [1.54, 1.807) is 0 Å². The van der Waals surface area contributed by atoms with Crippen LogP contribution < -0.4 is 5.32 Å². The lowest BCUT2D eigenvalue weighted by Gasteiger charge is -2.27. The average molecular weight is 390 g/mol. The molecule has 2 amide bonds. The van der Waals surface area contributed by atoms with Gasteiger partial charge >= 0.3 is 6.03 Å². The van der Waals surface area contributed by atoms with Crippen LogP contribution in [0.5, 0.6) is 0 Å². The molecule has 4 rings (SSSR count). The lowest BCUT2D eigenvalue weighted by atomic mass is 9.96. The first kappa shape index (κ1) is 18.6. The second-order valence-electron chi connectivity index (χ2n) is 7.80. The summed E-state index contributed by atoms with van der Waals surface area (Å²) in [6.07, 6.45) is 7.02. The molecule has 0 atom stereocenters. The maximum absolute atomic E-state index is 12.6. The van der Waals surface area contributed by atoms with E-state index < -0.39 is 0 Å². The smallest absolute Gasteiger partial charge is 0.317 e. The molecule has 0 spiro atoms. The number of carbonyl (C=O) groups is 1. The molecule has 0 radical (unpaired) electrons. The fourth-order valence-corrected chi connectivity index (χ4v) is 4.39. The lowest BCUT2D eigenvalue weighted by molar-refractivity contribution is 0.189. The number of nitrogens with one attached hydrogen (secondary N) is 1. The van der Waals surface area contributed by atoms with Crippen molar-refractivity contribution in [3.05, 3.63) is 35.0 Å². The second kappa shape index (κ2) is 8.53. The van der Waals surface area contributed by atoms with Crippen molar-refractivity contribution in [1.29, 1.82) is 0 Å². The molecule has 2 aromatic rings. The molecular formula is C21H28ClN3O2. The summed E-state index contributed by atoms with van der Waals surface area (Å²) >= 11 is 6.06. The van der Waals surface area contributed by atoms with Gasteiger partial charge in [0.2, 0.25) is 0 Å². The lowest BCUT2D eigenvalue weighted by Crippen LogP contribution is -2.46. The maximum Gasteiger partial charge on any atom is 0.317 e. The van der Waals surface area contributed by atoms with Crippen molar-refractivity contribution in [3.8, 4) is 0 Å². The second-order valence-corrected chi connectivity index (χ2v) is 8.23. The molecule has 5 nitrogen and oxygen atoms in total. The van der Waals surface area contributed by atoms with Crippen LogP contribution in [-0.4, -0.2) is 48.1 Å². The molecule has 0 unspecified atom stereocenters. The quantitative estimate of drug-likeness (QED) is 0.832. The Labute approximate surface area is 165 Å². The zero-order chi connectivity index (χ0) is 18.6. The van der Waals surface area contributed by atoms with E-state index in [1.807, 2.05) is 23.1 Å². The van der Waals surface area contributed by atoms with Gasteiger partial charge in [0.15, 0.2) is 0 Å². The molecule has 146 valence electrons. The molecule has 6 heteroatoms. The molecule has 1 aliphatic heterocycles. The number of fused-ring (bicyclic) bond motifs is 1. The van der Waals surface area contributed by atoms with Gasteiger partial charge in [-0.15, -0.1) is 0 Å². The van der Waals surface area contributed by atoms with Crippen molar-refractivity contribution in [2.45, 2.75) is 51.1 Å². The van der Waals surface area contributed by atoms with Gasteiger partial charge in [-0.05, 0) is 43.5 Å². The van der Waals surface area contributed by atoms with Gasteiger partial charge in [-0.25, -0.2) is 4.79 Å². The van der Waals surface area contributed by atoms with Crippen molar-refractivity contribution in [1.82, 2.24) is 15.1 Å². The Morgan fingerprint density at radius 3 is 2.78 bits per heavy atom. The number of benzene rings is 1. The van der Waals surface area contributed by atoms with Gasteiger partial charge in [-0.2, -0.15) is 0 Å². The highest BCUT2D eigenvalue weighted by Gasteiger charge is 2.23. The monoisotopic (exact) mass is 389 g/mol. The number of halogens is 1. The Morgan fingerprint density at radius 2 is 1.93 bits per heavy atom. The number of amides is 2. The van der Waals surface area contributed by atoms with Crippen LogP contribution in [0, 0.1) is 0 Å². The Kier molecular flexibility index (Phi) is 5.89. The Morgan fingerprint density at radius 1 is 1.07 bits per heavy atom. The Balaban J connectivity index is 1.31. The summed E-state index contributed by atoms with van der Waals surface area (Å²) < 4.78 is 5.95. The first-order valence-corrected chi connectivity index (χ1v) is 10.5. The van der Waals surface area contributed by atoms with Crippen LogP contribution in [0.1, 0.15) is 44.3 Å². The van der Waals surface area contributed by atoms with Crippen LogP contribution in [0.3, 0.4) is 0 Å². The van der Waals surface area contributed by atoms with E-state index in [9.17, 15) is 4.79 Å². The van der Waals surface area contributed by atoms with Crippen molar-refractivity contribution in [3.63, 3.8) is 0 Å². The number of rotatable bonds is 3. The van der Waals surface area contributed by atoms with Crippen LogP contribution >= 0.6 is 11.6 Å². The highest BCUT2D eigenvalue weighted by atomic mass is 35.5. The molecule has 1 saturated heterocycles. The van der Waals surface area contributed by atoms with E-state index in [4.69, 9.17) is 16.0 Å². The number of hydrogen-bond acceptors (Lipinski definition) is 3. The summed E-state index contributed by atoms with van der Waals surface area (Å²) in [4.78, 5) is 16.9. The molecule has 2 fully saturated rings. The van der Waals surface area contributed by atoms with E-state index in [0.29, 0.717) is 6.04 Å². The topological polar surface area (TPSA) is 48.7 Å². The molecular weight excluding hydrogens is 362 g/mol. The minimum atomic E-state index is 0.113. The number of furan rings is 1. The van der Waals surface area contributed by atoms with E-state index in [2.05, 4.69) is 16.3 Å². The van der Waals surface area contributed by atoms with Gasteiger partial charge in [0.25, 0.3) is 0 Å². The summed E-state index contributed by atoms with van der Waals surface area (Å²) in [5.41, 5.74) is 0.873. The van der Waals surface area contributed by atoms with Crippen LogP contribution in [0.2, 0.25) is 5.02 Å². The van der Waals surface area contributed by atoms with E-state index in [-0.39, 0.29) is 6.03 Å². The molecule has 1 aromatic heterocycles. The summed E-state index contributed by atoms with van der Waals surface area (Å²) in [6, 6.07) is 8.26. The molecule has 27 heavy (non-hydrogen) atoms. The van der Waals surface area contributed by atoms with Crippen LogP contribution in [0.4, 0.5) is 4.79 Å². The molecule has 1 saturated carbocycles. The van der Waals surface area contributed by atoms with Crippen molar-refractivity contribution in [2.24, 2.45) is 0 Å². The van der Waals surface area contributed by atoms with Gasteiger partial charge in [-0.3, -0.25) is 4.90 Å². The van der Waals surface area contributed by atoms with Gasteiger partial charge in [-0.1, -0.05) is 30.9 Å². The van der Waals surface area contributed by atoms with Crippen molar-refractivity contribution >= 4 is 28.6 Å². The molecule has 1 aliphatic carbocycles. The molecule has 2 aliphatic rings. The average Bonchev–Trinajstić information content (AvgIpc) is 2.90. The summed E-state index contributed by atoms with van der Waals surface area (Å²) in [5, 5.41) is 5.01. The minimum absolute atomic E-state index is 0.113. The van der Waals surface area contributed by atoms with Crippen molar-refractivity contribution < 1.29 is 9.21 Å². The van der Waals surface area contributed by atoms with Crippen LogP contribution in [-0.2, 0) is 6.54 Å². The zero-order valence-electron chi connectivity index (χ0n) is 15.8.